The van der Waals surface area contributed by atoms with Gasteiger partial charge in [0.1, 0.15) is 0 Å². The Labute approximate surface area is 84.6 Å². The van der Waals surface area contributed by atoms with E-state index in [4.69, 9.17) is 5.26 Å². The first kappa shape index (κ1) is 12.3. The van der Waals surface area contributed by atoms with Crippen molar-refractivity contribution in [2.75, 3.05) is 6.26 Å². The Balaban J connectivity index is 4.09. The third-order valence-corrected chi connectivity index (χ3v) is 2.10. The molecule has 0 rings (SSSR count). The summed E-state index contributed by atoms with van der Waals surface area (Å²) in [6.45, 7) is 6.40. The Morgan fingerprint density at radius 2 is 2.15 bits per heavy atom. The second-order valence-electron chi connectivity index (χ2n) is 3.35. The maximum Gasteiger partial charge on any atom is 0.183 e. The summed E-state index contributed by atoms with van der Waals surface area (Å²) >= 11 is 1.47. The summed E-state index contributed by atoms with van der Waals surface area (Å²) in [7, 11) is 0. The summed E-state index contributed by atoms with van der Waals surface area (Å²) in [6.07, 6.45) is 4.84. The summed E-state index contributed by atoms with van der Waals surface area (Å²) in [5.74, 6) is 0.643. The zero-order valence-electron chi connectivity index (χ0n) is 8.66. The van der Waals surface area contributed by atoms with E-state index >= 15 is 0 Å². The fourth-order valence-electron chi connectivity index (χ4n) is 1.12. The number of nitrogens with zero attached hydrogens (tertiary/aromatic N) is 2. The second-order valence-corrected chi connectivity index (χ2v) is 4.15. The fraction of sp³-hybridized carbons (Fsp3) is 0.778. The van der Waals surface area contributed by atoms with Crippen LogP contribution in [0, 0.1) is 17.4 Å². The van der Waals surface area contributed by atoms with Crippen molar-refractivity contribution in [3.8, 4) is 6.19 Å². The highest BCUT2D eigenvalue weighted by atomic mass is 32.2. The lowest BCUT2D eigenvalue weighted by Crippen LogP contribution is -2.16. The molecule has 0 aliphatic carbocycles. The Bertz CT molecular complexity index is 205. The third-order valence-electron chi connectivity index (χ3n) is 1.51. The number of nitrogens with one attached hydrogen (secondary N) is 1. The Morgan fingerprint density at radius 1 is 1.54 bits per heavy atom. The van der Waals surface area contributed by atoms with Crippen LogP contribution in [0.3, 0.4) is 0 Å². The van der Waals surface area contributed by atoms with Crippen LogP contribution in [-0.4, -0.2) is 17.5 Å². The van der Waals surface area contributed by atoms with Gasteiger partial charge in [0.15, 0.2) is 11.4 Å². The molecule has 0 amide bonds. The number of amidine groups is 1. The summed E-state index contributed by atoms with van der Waals surface area (Å²) in [4.78, 5) is 4.37. The van der Waals surface area contributed by atoms with Gasteiger partial charge in [-0.3, -0.25) is 10.3 Å². The van der Waals surface area contributed by atoms with Crippen LogP contribution in [0.5, 0.6) is 0 Å². The van der Waals surface area contributed by atoms with Crippen LogP contribution >= 0.6 is 11.8 Å². The Kier molecular flexibility index (Phi) is 6.43. The van der Waals surface area contributed by atoms with E-state index in [0.29, 0.717) is 11.1 Å². The standard InChI is InChI=1S/C9H17N3S/c1-7(2)5-8(3)12-9(13-4)11-6-10/h7-8H,5H2,1-4H3,(H,11,12). The van der Waals surface area contributed by atoms with Crippen LogP contribution in [0.2, 0.25) is 0 Å². The van der Waals surface area contributed by atoms with E-state index < -0.39 is 0 Å². The lowest BCUT2D eigenvalue weighted by molar-refractivity contribution is 0.522. The molecule has 0 fully saturated rings. The fourth-order valence-corrected chi connectivity index (χ4v) is 1.55. The van der Waals surface area contributed by atoms with Gasteiger partial charge in [0.05, 0.1) is 6.04 Å². The van der Waals surface area contributed by atoms with Crippen LogP contribution in [0.1, 0.15) is 27.2 Å². The lowest BCUT2D eigenvalue weighted by Gasteiger charge is -2.10. The van der Waals surface area contributed by atoms with Crippen molar-refractivity contribution in [2.24, 2.45) is 10.9 Å². The molecule has 0 saturated heterocycles. The van der Waals surface area contributed by atoms with Crippen LogP contribution in [-0.2, 0) is 0 Å². The topological polar surface area (TPSA) is 48.2 Å². The molecular formula is C9H17N3S. The van der Waals surface area contributed by atoms with E-state index in [-0.39, 0.29) is 6.04 Å². The molecule has 0 radical (unpaired) electrons. The van der Waals surface area contributed by atoms with Crippen molar-refractivity contribution in [3.63, 3.8) is 0 Å². The van der Waals surface area contributed by atoms with Crippen molar-refractivity contribution >= 4 is 16.9 Å². The van der Waals surface area contributed by atoms with E-state index in [1.54, 1.807) is 0 Å². The molecule has 74 valence electrons. The minimum Gasteiger partial charge on any atom is -0.272 e. The first-order valence-corrected chi connectivity index (χ1v) is 5.59. The number of thioether (sulfide) groups is 1. The van der Waals surface area contributed by atoms with Gasteiger partial charge in [-0.25, -0.2) is 0 Å². The van der Waals surface area contributed by atoms with Gasteiger partial charge in [0.2, 0.25) is 0 Å². The minimum absolute atomic E-state index is 0.281. The van der Waals surface area contributed by atoms with Gasteiger partial charge in [-0.15, -0.1) is 0 Å². The molecule has 4 heteroatoms. The Hall–Kier alpha value is -0.690. The molecular weight excluding hydrogens is 182 g/mol. The van der Waals surface area contributed by atoms with Crippen LogP contribution in [0.25, 0.3) is 0 Å². The number of aliphatic imine (C=N–C) groups is 1. The summed E-state index contributed by atoms with van der Waals surface area (Å²) in [5, 5.41) is 11.7. The van der Waals surface area contributed by atoms with Crippen molar-refractivity contribution in [1.29, 1.82) is 5.26 Å². The zero-order chi connectivity index (χ0) is 10.3. The van der Waals surface area contributed by atoms with Gasteiger partial charge < -0.3 is 0 Å². The minimum atomic E-state index is 0.281. The molecule has 0 aliphatic heterocycles. The summed E-state index contributed by atoms with van der Waals surface area (Å²) in [5.41, 5.74) is 0. The largest absolute Gasteiger partial charge is 0.272 e. The molecule has 1 unspecified atom stereocenters. The van der Waals surface area contributed by atoms with E-state index in [9.17, 15) is 0 Å². The van der Waals surface area contributed by atoms with E-state index in [2.05, 4.69) is 31.1 Å². The van der Waals surface area contributed by atoms with Crippen LogP contribution in [0.15, 0.2) is 4.99 Å². The van der Waals surface area contributed by atoms with E-state index in [1.807, 2.05) is 12.4 Å². The maximum absolute atomic E-state index is 8.41. The molecule has 3 nitrogen and oxygen atoms in total. The highest BCUT2D eigenvalue weighted by molar-refractivity contribution is 8.13. The summed E-state index contributed by atoms with van der Waals surface area (Å²) < 4.78 is 0. The molecule has 0 heterocycles. The molecule has 1 atom stereocenters. The van der Waals surface area contributed by atoms with Crippen molar-refractivity contribution < 1.29 is 0 Å². The average molecular weight is 199 g/mol. The number of hydrogen-bond acceptors (Lipinski definition) is 3. The highest BCUT2D eigenvalue weighted by Crippen LogP contribution is 2.09. The maximum atomic E-state index is 8.41. The molecule has 0 aromatic rings. The summed E-state index contributed by atoms with van der Waals surface area (Å²) in [6, 6.07) is 0.281. The predicted molar refractivity (Wildman–Crippen MR) is 58.6 cm³/mol. The molecule has 0 saturated carbocycles. The monoisotopic (exact) mass is 199 g/mol. The normalized spacial score (nSPS) is 14.0. The number of rotatable bonds is 3. The first-order valence-electron chi connectivity index (χ1n) is 4.37. The second kappa shape index (κ2) is 6.79. The Morgan fingerprint density at radius 3 is 2.54 bits per heavy atom. The van der Waals surface area contributed by atoms with Gasteiger partial charge in [0.25, 0.3) is 0 Å². The first-order chi connectivity index (χ1) is 6.10. The average Bonchev–Trinajstić information content (AvgIpc) is 2.02. The lowest BCUT2D eigenvalue weighted by atomic mass is 10.1. The molecule has 1 N–H and O–H groups in total. The van der Waals surface area contributed by atoms with Crippen molar-refractivity contribution in [2.45, 2.75) is 33.2 Å². The van der Waals surface area contributed by atoms with E-state index in [1.165, 1.54) is 11.8 Å². The van der Waals surface area contributed by atoms with Crippen LogP contribution in [0.4, 0.5) is 0 Å². The zero-order valence-corrected chi connectivity index (χ0v) is 9.48. The third kappa shape index (κ3) is 6.47. The van der Waals surface area contributed by atoms with Crippen LogP contribution < -0.4 is 5.32 Å². The van der Waals surface area contributed by atoms with E-state index in [0.717, 1.165) is 6.42 Å². The molecule has 0 aromatic carbocycles. The molecule has 0 aliphatic rings. The van der Waals surface area contributed by atoms with Gasteiger partial charge >= 0.3 is 0 Å². The number of hydrogen-bond donors (Lipinski definition) is 1. The smallest absolute Gasteiger partial charge is 0.183 e. The van der Waals surface area contributed by atoms with Crippen molar-refractivity contribution in [1.82, 2.24) is 5.32 Å². The SMILES string of the molecule is CSC(=NC(C)CC(C)C)NC#N. The molecule has 0 bridgehead atoms. The van der Waals surface area contributed by atoms with Gasteiger partial charge in [-0.05, 0) is 25.5 Å². The van der Waals surface area contributed by atoms with Gasteiger partial charge in [-0.1, -0.05) is 25.6 Å². The van der Waals surface area contributed by atoms with Gasteiger partial charge in [0, 0.05) is 0 Å². The quantitative estimate of drug-likeness (QED) is 0.328. The molecule has 0 spiro atoms. The number of nitriles is 1. The van der Waals surface area contributed by atoms with Crippen molar-refractivity contribution in [3.05, 3.63) is 0 Å². The predicted octanol–water partition coefficient (Wildman–Crippen LogP) is 2.21. The molecule has 13 heavy (non-hydrogen) atoms. The van der Waals surface area contributed by atoms with Gasteiger partial charge in [-0.2, -0.15) is 5.26 Å². The highest BCUT2D eigenvalue weighted by Gasteiger charge is 2.04. The molecule has 0 aromatic heterocycles.